The van der Waals surface area contributed by atoms with E-state index in [9.17, 15) is 57.9 Å². The van der Waals surface area contributed by atoms with Gasteiger partial charge in [-0.25, -0.2) is 15.0 Å². The number of hydrogen-bond acceptors (Lipinski definition) is 4. The van der Waals surface area contributed by atoms with Crippen molar-refractivity contribution in [3.63, 3.8) is 0 Å². The standard InChI is InChI=1S/C40H21F12N5/c1-19-54-20(2)56-36(55-19)32-9-21(18-53)3-6-35(32)57-33-7-4-22(24-10-26(37(41,42)43)16-27(11-24)38(44,45)46)14-30(33)31-15-23(5-8-34(31)57)25-12-28(39(47,48)49)17-29(13-25)40(50,51)52/h3-17H,1-2H3. The monoisotopic (exact) mass is 799 g/mol. The van der Waals surface area contributed by atoms with E-state index in [1.165, 1.54) is 54.6 Å². The smallest absolute Gasteiger partial charge is 0.308 e. The van der Waals surface area contributed by atoms with E-state index in [-0.39, 0.29) is 62.0 Å². The van der Waals surface area contributed by atoms with E-state index in [2.05, 4.69) is 15.0 Å². The van der Waals surface area contributed by atoms with Crippen LogP contribution >= 0.6 is 0 Å². The first-order valence-electron chi connectivity index (χ1n) is 16.4. The third-order valence-electron chi connectivity index (χ3n) is 9.07. The summed E-state index contributed by atoms with van der Waals surface area (Å²) >= 11 is 0. The van der Waals surface area contributed by atoms with Gasteiger partial charge in [-0.1, -0.05) is 12.1 Å². The van der Waals surface area contributed by atoms with Crippen LogP contribution in [0.2, 0.25) is 0 Å². The van der Waals surface area contributed by atoms with Crippen molar-refractivity contribution in [2.24, 2.45) is 0 Å². The Morgan fingerprint density at radius 2 is 0.877 bits per heavy atom. The maximum atomic E-state index is 13.8. The van der Waals surface area contributed by atoms with E-state index in [0.717, 1.165) is 0 Å². The SMILES string of the molecule is Cc1nc(C)nc(-c2cc(C#N)ccc2-n2c3ccc(-c4cc(C(F)(F)F)cc(C(F)(F)F)c4)cc3c3cc(-c4cc(C(F)(F)F)cc(C(F)(F)F)c4)ccc32)n1. The summed E-state index contributed by atoms with van der Waals surface area (Å²) < 4.78 is 168. The van der Waals surface area contributed by atoms with Crippen molar-refractivity contribution in [1.29, 1.82) is 5.26 Å². The van der Waals surface area contributed by atoms with Gasteiger partial charge in [-0.15, -0.1) is 0 Å². The third-order valence-corrected chi connectivity index (χ3v) is 9.07. The number of nitrogens with zero attached hydrogens (tertiary/aromatic N) is 5. The molecule has 0 amide bonds. The molecule has 57 heavy (non-hydrogen) atoms. The summed E-state index contributed by atoms with van der Waals surface area (Å²) in [4.78, 5) is 13.0. The fourth-order valence-electron chi connectivity index (χ4n) is 6.60. The van der Waals surface area contributed by atoms with Crippen LogP contribution in [0.3, 0.4) is 0 Å². The maximum absolute atomic E-state index is 13.8. The summed E-state index contributed by atoms with van der Waals surface area (Å²) in [5.74, 6) is 0.768. The Bertz CT molecular complexity index is 2570. The summed E-state index contributed by atoms with van der Waals surface area (Å²) in [5, 5.41) is 10.0. The van der Waals surface area contributed by atoms with Gasteiger partial charge in [-0.3, -0.25) is 0 Å². The normalized spacial score (nSPS) is 12.7. The molecule has 0 atom stereocenters. The van der Waals surface area contributed by atoms with Crippen molar-refractivity contribution in [2.45, 2.75) is 38.6 Å². The van der Waals surface area contributed by atoms with Crippen LogP contribution in [0.5, 0.6) is 0 Å². The lowest BCUT2D eigenvalue weighted by molar-refractivity contribution is -0.144. The molecule has 7 aromatic rings. The van der Waals surface area contributed by atoms with Gasteiger partial charge >= 0.3 is 24.7 Å². The first-order chi connectivity index (χ1) is 26.5. The minimum absolute atomic E-state index is 0.0263. The number of alkyl halides is 12. The predicted molar refractivity (Wildman–Crippen MR) is 185 cm³/mol. The fourth-order valence-corrected chi connectivity index (χ4v) is 6.60. The van der Waals surface area contributed by atoms with Gasteiger partial charge in [0.25, 0.3) is 0 Å². The molecular formula is C40H21F12N5. The zero-order valence-electron chi connectivity index (χ0n) is 28.9. The molecule has 0 unspecified atom stereocenters. The van der Waals surface area contributed by atoms with Gasteiger partial charge in [-0.2, -0.15) is 57.9 Å². The van der Waals surface area contributed by atoms with E-state index in [1.54, 1.807) is 18.4 Å². The molecule has 0 radical (unpaired) electrons. The fraction of sp³-hybridized carbons (Fsp3) is 0.150. The van der Waals surface area contributed by atoms with Crippen LogP contribution in [0.4, 0.5) is 52.7 Å². The summed E-state index contributed by atoms with van der Waals surface area (Å²) in [7, 11) is 0. The van der Waals surface area contributed by atoms with Crippen LogP contribution in [0, 0.1) is 25.2 Å². The molecule has 5 aromatic carbocycles. The molecule has 0 spiro atoms. The molecule has 0 aliphatic heterocycles. The van der Waals surface area contributed by atoms with Gasteiger partial charge in [-0.05, 0) is 115 Å². The zero-order valence-corrected chi connectivity index (χ0v) is 28.9. The highest BCUT2D eigenvalue weighted by atomic mass is 19.4. The van der Waals surface area contributed by atoms with Gasteiger partial charge in [0.1, 0.15) is 11.6 Å². The molecule has 0 N–H and O–H groups in total. The highest BCUT2D eigenvalue weighted by molar-refractivity contribution is 6.12. The Balaban J connectivity index is 1.57. The molecule has 0 fully saturated rings. The molecule has 2 aromatic heterocycles. The number of aromatic nitrogens is 4. The van der Waals surface area contributed by atoms with Crippen molar-refractivity contribution in [3.05, 3.63) is 130 Å². The summed E-state index contributed by atoms with van der Waals surface area (Å²) in [6, 6.07) is 16.5. The Morgan fingerprint density at radius 3 is 1.25 bits per heavy atom. The van der Waals surface area contributed by atoms with Gasteiger partial charge in [0.2, 0.25) is 0 Å². The number of hydrogen-bond donors (Lipinski definition) is 0. The topological polar surface area (TPSA) is 67.4 Å². The van der Waals surface area contributed by atoms with Crippen molar-refractivity contribution in [3.8, 4) is 45.4 Å². The maximum Gasteiger partial charge on any atom is 0.416 e. The molecule has 290 valence electrons. The largest absolute Gasteiger partial charge is 0.416 e. The van der Waals surface area contributed by atoms with Crippen molar-refractivity contribution >= 4 is 21.8 Å². The molecule has 0 aliphatic carbocycles. The first-order valence-corrected chi connectivity index (χ1v) is 16.4. The lowest BCUT2D eigenvalue weighted by Crippen LogP contribution is -2.11. The van der Waals surface area contributed by atoms with Crippen LogP contribution in [-0.4, -0.2) is 19.5 Å². The van der Waals surface area contributed by atoms with E-state index in [4.69, 9.17) is 0 Å². The second-order valence-corrected chi connectivity index (χ2v) is 13.0. The molecule has 7 rings (SSSR count). The second-order valence-electron chi connectivity index (χ2n) is 13.0. The summed E-state index contributed by atoms with van der Waals surface area (Å²) in [6.07, 6.45) is -20.7. The van der Waals surface area contributed by atoms with Crippen LogP contribution in [0.15, 0.2) is 91.0 Å². The number of rotatable bonds is 4. The average molecular weight is 800 g/mol. The lowest BCUT2D eigenvalue weighted by atomic mass is 9.96. The Morgan fingerprint density at radius 1 is 0.474 bits per heavy atom. The minimum atomic E-state index is -5.16. The predicted octanol–water partition coefficient (Wildman–Crippen LogP) is 12.5. The molecule has 0 saturated heterocycles. The average Bonchev–Trinajstić information content (AvgIpc) is 3.45. The highest BCUT2D eigenvalue weighted by Gasteiger charge is 2.38. The van der Waals surface area contributed by atoms with E-state index in [1.807, 2.05) is 6.07 Å². The van der Waals surface area contributed by atoms with Crippen LogP contribution < -0.4 is 0 Å². The number of benzene rings is 5. The van der Waals surface area contributed by atoms with Crippen LogP contribution in [0.25, 0.3) is 61.1 Å². The van der Waals surface area contributed by atoms with E-state index >= 15 is 0 Å². The van der Waals surface area contributed by atoms with Crippen molar-refractivity contribution < 1.29 is 52.7 Å². The highest BCUT2D eigenvalue weighted by Crippen LogP contribution is 2.44. The first kappa shape index (κ1) is 38.8. The molecule has 0 saturated carbocycles. The molecule has 5 nitrogen and oxygen atoms in total. The Kier molecular flexibility index (Phi) is 9.09. The number of fused-ring (bicyclic) bond motifs is 3. The zero-order chi connectivity index (χ0) is 41.4. The minimum Gasteiger partial charge on any atom is -0.308 e. The Hall–Kier alpha value is -6.44. The molecular weight excluding hydrogens is 778 g/mol. The van der Waals surface area contributed by atoms with Gasteiger partial charge in [0, 0.05) is 16.3 Å². The number of aryl methyl sites for hydroxylation is 2. The molecule has 0 bridgehead atoms. The molecule has 0 aliphatic rings. The number of halogens is 12. The quantitative estimate of drug-likeness (QED) is 0.166. The van der Waals surface area contributed by atoms with Gasteiger partial charge in [0.05, 0.1) is 50.6 Å². The summed E-state index contributed by atoms with van der Waals surface area (Å²) in [5.41, 5.74) is -6.17. The van der Waals surface area contributed by atoms with E-state index < -0.39 is 58.1 Å². The molecule has 17 heteroatoms. The number of nitriles is 1. The lowest BCUT2D eigenvalue weighted by Gasteiger charge is -2.15. The van der Waals surface area contributed by atoms with Gasteiger partial charge < -0.3 is 4.57 Å². The third kappa shape index (κ3) is 7.46. The second kappa shape index (κ2) is 13.4. The van der Waals surface area contributed by atoms with Crippen LogP contribution in [-0.2, 0) is 24.7 Å². The van der Waals surface area contributed by atoms with Crippen LogP contribution in [0.1, 0.15) is 39.5 Å². The Labute approximate surface area is 313 Å². The summed E-state index contributed by atoms with van der Waals surface area (Å²) in [6.45, 7) is 3.21. The molecule has 2 heterocycles. The van der Waals surface area contributed by atoms with Gasteiger partial charge in [0.15, 0.2) is 5.82 Å². The van der Waals surface area contributed by atoms with Crippen molar-refractivity contribution in [2.75, 3.05) is 0 Å². The van der Waals surface area contributed by atoms with E-state index in [0.29, 0.717) is 41.6 Å². The van der Waals surface area contributed by atoms with Crippen molar-refractivity contribution in [1.82, 2.24) is 19.5 Å².